The molecule has 0 radical (unpaired) electrons. The Balaban J connectivity index is 1.71. The number of nitrogens with one attached hydrogen (secondary N) is 1. The monoisotopic (exact) mass is 508 g/mol. The molecule has 3 heterocycles. The molecule has 2 aromatic heterocycles. The Morgan fingerprint density at radius 3 is 2.78 bits per heavy atom. The number of carbonyl (C=O) groups excluding carboxylic acids is 1. The van der Waals surface area contributed by atoms with Crippen LogP contribution in [-0.4, -0.2) is 39.4 Å². The minimum atomic E-state index is -0.952. The second-order valence-corrected chi connectivity index (χ2v) is 9.38. The molecule has 0 bridgehead atoms. The number of fused-ring (bicyclic) bond motifs is 2. The van der Waals surface area contributed by atoms with Gasteiger partial charge in [-0.15, -0.1) is 0 Å². The third kappa shape index (κ3) is 5.32. The number of aromatic hydroxyl groups is 1. The van der Waals surface area contributed by atoms with Gasteiger partial charge in [-0.1, -0.05) is 12.1 Å². The number of carbonyl (C=O) groups is 1. The smallest absolute Gasteiger partial charge is 0.333 e. The van der Waals surface area contributed by atoms with Gasteiger partial charge in [-0.3, -0.25) is 4.79 Å². The molecule has 37 heavy (non-hydrogen) atoms. The van der Waals surface area contributed by atoms with Crippen molar-refractivity contribution < 1.29 is 28.9 Å². The Hall–Kier alpha value is -3.85. The van der Waals surface area contributed by atoms with E-state index in [1.165, 1.54) is 0 Å². The average molecular weight is 509 g/mol. The first-order chi connectivity index (χ1) is 17.7. The van der Waals surface area contributed by atoms with Gasteiger partial charge >= 0.3 is 5.97 Å². The molecule has 3 N–H and O–H groups in total. The fourth-order valence-corrected chi connectivity index (χ4v) is 4.42. The van der Waals surface area contributed by atoms with Crippen molar-refractivity contribution in [3.8, 4) is 11.5 Å². The Kier molecular flexibility index (Phi) is 7.54. The van der Waals surface area contributed by atoms with Gasteiger partial charge in [-0.05, 0) is 52.2 Å². The number of phenols is 1. The van der Waals surface area contributed by atoms with Crippen molar-refractivity contribution in [2.75, 3.05) is 11.9 Å². The van der Waals surface area contributed by atoms with E-state index in [0.717, 1.165) is 24.0 Å². The van der Waals surface area contributed by atoms with E-state index in [-0.39, 0.29) is 28.9 Å². The molecule has 0 saturated heterocycles. The molecule has 9 nitrogen and oxygen atoms in total. The Morgan fingerprint density at radius 2 is 2.14 bits per heavy atom. The van der Waals surface area contributed by atoms with Crippen LogP contribution in [0.3, 0.4) is 0 Å². The van der Waals surface area contributed by atoms with Crippen molar-refractivity contribution in [3.63, 3.8) is 0 Å². The highest BCUT2D eigenvalue weighted by molar-refractivity contribution is 5.88. The van der Waals surface area contributed by atoms with Crippen LogP contribution in [0, 0.1) is 0 Å². The van der Waals surface area contributed by atoms with E-state index < -0.39 is 29.7 Å². The fourth-order valence-electron chi connectivity index (χ4n) is 4.42. The first-order valence-electron chi connectivity index (χ1n) is 12.3. The normalized spacial score (nSPS) is 19.3. The maximum absolute atomic E-state index is 12.7. The minimum Gasteiger partial charge on any atom is -0.507 e. The molecule has 0 amide bonds. The highest BCUT2D eigenvalue weighted by atomic mass is 16.6. The highest BCUT2D eigenvalue weighted by Crippen LogP contribution is 2.44. The molecule has 1 aromatic carbocycles. The molecular weight excluding hydrogens is 476 g/mol. The zero-order valence-corrected chi connectivity index (χ0v) is 21.5. The molecule has 0 aliphatic carbocycles. The molecule has 0 saturated carbocycles. The lowest BCUT2D eigenvalue weighted by Crippen LogP contribution is -2.51. The van der Waals surface area contributed by atoms with Gasteiger partial charge in [0.2, 0.25) is 0 Å². The number of hydrogen-bond acceptors (Lipinski definition) is 9. The summed E-state index contributed by atoms with van der Waals surface area (Å²) in [5.74, 6) is 0.452. The molecule has 0 unspecified atom stereocenters. The van der Waals surface area contributed by atoms with Gasteiger partial charge in [0.1, 0.15) is 52.4 Å². The number of ether oxygens (including phenoxy) is 2. The summed E-state index contributed by atoms with van der Waals surface area (Å²) in [6.45, 7) is 7.61. The van der Waals surface area contributed by atoms with Crippen LogP contribution in [0.1, 0.15) is 51.0 Å². The summed E-state index contributed by atoms with van der Waals surface area (Å²) in [6.07, 6.45) is 3.97. The van der Waals surface area contributed by atoms with Gasteiger partial charge in [-0.2, -0.15) is 0 Å². The van der Waals surface area contributed by atoms with Crippen LogP contribution >= 0.6 is 0 Å². The van der Waals surface area contributed by atoms with Crippen LogP contribution in [-0.2, 0) is 29.0 Å². The summed E-state index contributed by atoms with van der Waals surface area (Å²) in [6, 6.07) is 6.59. The predicted octanol–water partition coefficient (Wildman–Crippen LogP) is 4.02. The molecular formula is C28H32N2O7. The number of anilines is 1. The zero-order chi connectivity index (χ0) is 26.7. The lowest BCUT2D eigenvalue weighted by molar-refractivity contribution is -0.158. The standard InChI is InChI=1S/C28H32N2O7/c1-5-16(3)27(34)36-23-12-19-21(13-22-25(26(19)33)20(32)11-18(15-31)35-22)37-28(23,4)10-9-17-7-8-24(29-6-2)30-14-17/h5,7-8,11,13-14,23,31,33H,6,9-10,12,15H2,1-4H3,(H,29,30)/b16-5-/t23-,28+/m1/s1. The van der Waals surface area contributed by atoms with Crippen molar-refractivity contribution in [2.24, 2.45) is 0 Å². The maximum Gasteiger partial charge on any atom is 0.333 e. The van der Waals surface area contributed by atoms with E-state index in [9.17, 15) is 19.8 Å². The zero-order valence-electron chi connectivity index (χ0n) is 21.5. The summed E-state index contributed by atoms with van der Waals surface area (Å²) in [5.41, 5.74) is 0.487. The number of aliphatic hydroxyl groups excluding tert-OH is 1. The second-order valence-electron chi connectivity index (χ2n) is 9.38. The van der Waals surface area contributed by atoms with E-state index in [2.05, 4.69) is 10.3 Å². The number of hydrogen-bond donors (Lipinski definition) is 3. The van der Waals surface area contributed by atoms with Gasteiger partial charge in [-0.25, -0.2) is 9.78 Å². The van der Waals surface area contributed by atoms with Crippen LogP contribution in [0.4, 0.5) is 5.82 Å². The molecule has 9 heteroatoms. The van der Waals surface area contributed by atoms with E-state index in [4.69, 9.17) is 13.9 Å². The number of aromatic nitrogens is 1. The summed E-state index contributed by atoms with van der Waals surface area (Å²) >= 11 is 0. The molecule has 1 aliphatic rings. The second kappa shape index (κ2) is 10.6. The maximum atomic E-state index is 12.7. The van der Waals surface area contributed by atoms with Gasteiger partial charge < -0.3 is 29.4 Å². The number of rotatable bonds is 8. The molecule has 0 fully saturated rings. The Bertz CT molecular complexity index is 1390. The Labute approximate surface area is 214 Å². The summed E-state index contributed by atoms with van der Waals surface area (Å²) in [4.78, 5) is 29.8. The summed E-state index contributed by atoms with van der Waals surface area (Å²) < 4.78 is 17.9. The molecule has 2 atom stereocenters. The van der Waals surface area contributed by atoms with Crippen LogP contribution in [0.2, 0.25) is 0 Å². The van der Waals surface area contributed by atoms with E-state index in [1.807, 2.05) is 26.0 Å². The first-order valence-corrected chi connectivity index (χ1v) is 12.3. The third-order valence-corrected chi connectivity index (χ3v) is 6.77. The predicted molar refractivity (Wildman–Crippen MR) is 139 cm³/mol. The van der Waals surface area contributed by atoms with Crippen molar-refractivity contribution >= 4 is 22.8 Å². The Morgan fingerprint density at radius 1 is 1.35 bits per heavy atom. The number of allylic oxidation sites excluding steroid dienone is 1. The molecule has 0 spiro atoms. The SMILES string of the molecule is C/C=C(/C)C(=O)O[C@@H]1Cc2c(cc3oc(CO)cc(=O)c3c2O)O[C@@]1(C)CCc1ccc(NCC)nc1. The topological polar surface area (TPSA) is 131 Å². The minimum absolute atomic E-state index is 0.00952. The van der Waals surface area contributed by atoms with Crippen LogP contribution in [0.5, 0.6) is 11.5 Å². The number of aryl methyl sites for hydroxylation is 1. The number of phenolic OH excluding ortho intramolecular Hbond substituents is 1. The third-order valence-electron chi connectivity index (χ3n) is 6.77. The lowest BCUT2D eigenvalue weighted by Gasteiger charge is -2.42. The fraction of sp³-hybridized carbons (Fsp3) is 0.393. The molecule has 4 rings (SSSR count). The van der Waals surface area contributed by atoms with Gasteiger partial charge in [0.25, 0.3) is 0 Å². The van der Waals surface area contributed by atoms with E-state index in [1.54, 1.807) is 32.2 Å². The highest BCUT2D eigenvalue weighted by Gasteiger charge is 2.45. The largest absolute Gasteiger partial charge is 0.507 e. The van der Waals surface area contributed by atoms with Gasteiger partial charge in [0.05, 0.1) is 0 Å². The summed E-state index contributed by atoms with van der Waals surface area (Å²) in [5, 5.41) is 23.6. The number of esters is 1. The summed E-state index contributed by atoms with van der Waals surface area (Å²) in [7, 11) is 0. The molecule has 3 aromatic rings. The average Bonchev–Trinajstić information content (AvgIpc) is 2.88. The van der Waals surface area contributed by atoms with Crippen molar-refractivity contribution in [1.82, 2.24) is 4.98 Å². The van der Waals surface area contributed by atoms with Crippen LogP contribution in [0.15, 0.2) is 51.3 Å². The van der Waals surface area contributed by atoms with Crippen molar-refractivity contribution in [2.45, 2.75) is 65.3 Å². The number of aliphatic hydroxyl groups is 1. The molecule has 1 aliphatic heterocycles. The van der Waals surface area contributed by atoms with Crippen molar-refractivity contribution in [3.05, 3.63) is 69.2 Å². The first kappa shape index (κ1) is 26.2. The van der Waals surface area contributed by atoms with E-state index >= 15 is 0 Å². The quantitative estimate of drug-likeness (QED) is 0.305. The van der Waals surface area contributed by atoms with E-state index in [0.29, 0.717) is 29.7 Å². The number of benzene rings is 1. The lowest BCUT2D eigenvalue weighted by atomic mass is 9.84. The van der Waals surface area contributed by atoms with Crippen molar-refractivity contribution in [1.29, 1.82) is 0 Å². The van der Waals surface area contributed by atoms with Crippen LogP contribution < -0.4 is 15.5 Å². The van der Waals surface area contributed by atoms with Crippen LogP contribution in [0.25, 0.3) is 11.0 Å². The number of pyridine rings is 1. The van der Waals surface area contributed by atoms with Gasteiger partial charge in [0.15, 0.2) is 5.43 Å². The number of nitrogens with zero attached hydrogens (tertiary/aromatic N) is 1. The molecule has 196 valence electrons. The van der Waals surface area contributed by atoms with Gasteiger partial charge in [0, 0.05) is 42.4 Å².